The number of pyridine rings is 1. The van der Waals surface area contributed by atoms with Crippen molar-refractivity contribution in [3.8, 4) is 0 Å². The van der Waals surface area contributed by atoms with E-state index in [9.17, 15) is 8.76 Å². The molecule has 4 rings (SSSR count). The third-order valence-corrected chi connectivity index (χ3v) is 5.51. The molecule has 1 atom stereocenters. The van der Waals surface area contributed by atoms with E-state index in [0.29, 0.717) is 0 Å². The molecule has 1 aromatic carbocycles. The van der Waals surface area contributed by atoms with Crippen LogP contribution in [-0.4, -0.2) is 23.9 Å². The molecule has 1 aliphatic rings. The van der Waals surface area contributed by atoms with Crippen LogP contribution in [0.3, 0.4) is 0 Å². The molecule has 1 aliphatic carbocycles. The first kappa shape index (κ1) is 15.7. The predicted molar refractivity (Wildman–Crippen MR) is 95.0 cm³/mol. The highest BCUT2D eigenvalue weighted by Gasteiger charge is 2.31. The summed E-state index contributed by atoms with van der Waals surface area (Å²) in [6.45, 7) is 3.81. The van der Waals surface area contributed by atoms with E-state index in [2.05, 4.69) is 14.9 Å². The second-order valence-electron chi connectivity index (χ2n) is 6.89. The van der Waals surface area contributed by atoms with Gasteiger partial charge in [-0.05, 0) is 62.8 Å². The van der Waals surface area contributed by atoms with E-state index in [1.54, 1.807) is 0 Å². The first-order valence-corrected chi connectivity index (χ1v) is 9.25. The summed E-state index contributed by atoms with van der Waals surface area (Å²) in [7, 11) is 0. The zero-order valence-corrected chi connectivity index (χ0v) is 14.5. The Bertz CT molecular complexity index is 964. The fraction of sp³-hybridized carbons (Fsp3) is 0.412. The van der Waals surface area contributed by atoms with E-state index in [1.165, 1.54) is 16.5 Å². The number of nitrogens with zero attached hydrogens (tertiary/aromatic N) is 2. The van der Waals surface area contributed by atoms with Crippen LogP contribution in [0.2, 0.25) is 0 Å². The minimum atomic E-state index is -2.09. The van der Waals surface area contributed by atoms with Crippen molar-refractivity contribution in [1.82, 2.24) is 19.9 Å². The number of rotatable bonds is 3. The van der Waals surface area contributed by atoms with Gasteiger partial charge in [0.1, 0.15) is 0 Å². The Hall–Kier alpha value is -1.83. The molecule has 2 aromatic heterocycles. The fourth-order valence-corrected chi connectivity index (χ4v) is 4.36. The van der Waals surface area contributed by atoms with E-state index < -0.39 is 16.8 Å². The Balaban J connectivity index is 2.05. The molecule has 2 heterocycles. The summed E-state index contributed by atoms with van der Waals surface area (Å²) in [5.74, 6) is 0. The number of hydrogen-bond acceptors (Lipinski definition) is 3. The summed E-state index contributed by atoms with van der Waals surface area (Å²) >= 11 is -2.09. The monoisotopic (exact) mass is 344 g/mol. The van der Waals surface area contributed by atoms with Gasteiger partial charge in [-0.15, -0.1) is 0 Å². The summed E-state index contributed by atoms with van der Waals surface area (Å²) in [6, 6.07) is 3.99. The van der Waals surface area contributed by atoms with Gasteiger partial charge in [0.05, 0.1) is 28.5 Å². The molecule has 1 unspecified atom stereocenters. The molecule has 24 heavy (non-hydrogen) atoms. The average molecular weight is 344 g/mol. The average Bonchev–Trinajstić information content (AvgIpc) is 3.01. The molecule has 3 N–H and O–H groups in total. The van der Waals surface area contributed by atoms with Gasteiger partial charge in [0, 0.05) is 10.8 Å². The van der Waals surface area contributed by atoms with Crippen molar-refractivity contribution in [2.75, 3.05) is 0 Å². The molecule has 6 nitrogen and oxygen atoms in total. The number of aromatic amines is 1. The maximum absolute atomic E-state index is 11.3. The van der Waals surface area contributed by atoms with Gasteiger partial charge in [-0.2, -0.15) is 5.10 Å². The second kappa shape index (κ2) is 5.61. The van der Waals surface area contributed by atoms with Crippen LogP contribution in [0.1, 0.15) is 43.5 Å². The quantitative estimate of drug-likeness (QED) is 0.637. The van der Waals surface area contributed by atoms with Gasteiger partial charge in [-0.25, -0.2) is 8.93 Å². The molecular weight excluding hydrogens is 324 g/mol. The molecule has 0 saturated carbocycles. The maximum Gasteiger partial charge on any atom is 0.232 e. The molecule has 7 heteroatoms. The van der Waals surface area contributed by atoms with Crippen LogP contribution < -0.4 is 4.72 Å². The van der Waals surface area contributed by atoms with Crippen molar-refractivity contribution in [1.29, 1.82) is 0 Å². The van der Waals surface area contributed by atoms with Crippen LogP contribution in [0.4, 0.5) is 0 Å². The third-order valence-electron chi connectivity index (χ3n) is 4.82. The van der Waals surface area contributed by atoms with E-state index in [4.69, 9.17) is 4.98 Å². The van der Waals surface area contributed by atoms with Crippen LogP contribution in [0.15, 0.2) is 18.3 Å². The van der Waals surface area contributed by atoms with Crippen LogP contribution in [-0.2, 0) is 29.6 Å². The number of aryl methyl sites for hydroxylation is 1. The SMILES string of the molecule is CC(C)(NS(=O)O)c1nc2ccc3[nH]ncc3c2c2c1CCCC2. The van der Waals surface area contributed by atoms with Crippen LogP contribution in [0, 0.1) is 0 Å². The summed E-state index contributed by atoms with van der Waals surface area (Å²) < 4.78 is 23.4. The van der Waals surface area contributed by atoms with Crippen LogP contribution in [0.5, 0.6) is 0 Å². The standard InChI is InChI=1S/C17H20N4O2S/c1-17(2,21-24(22)23)16-11-6-4-3-5-10(11)15-12-9-18-20-13(12)7-8-14(15)19-16/h7-9,21H,3-6H2,1-2H3,(H,18,20)(H,22,23). The summed E-state index contributed by atoms with van der Waals surface area (Å²) in [6.07, 6.45) is 6.08. The van der Waals surface area contributed by atoms with Gasteiger partial charge in [0.2, 0.25) is 11.3 Å². The number of benzene rings is 1. The van der Waals surface area contributed by atoms with Crippen molar-refractivity contribution in [2.24, 2.45) is 0 Å². The highest BCUT2D eigenvalue weighted by atomic mass is 32.2. The van der Waals surface area contributed by atoms with E-state index in [0.717, 1.165) is 47.8 Å². The van der Waals surface area contributed by atoms with Crippen molar-refractivity contribution < 1.29 is 8.76 Å². The van der Waals surface area contributed by atoms with E-state index in [-0.39, 0.29) is 0 Å². The van der Waals surface area contributed by atoms with Crippen molar-refractivity contribution >= 4 is 33.1 Å². The summed E-state index contributed by atoms with van der Waals surface area (Å²) in [5, 5.41) is 9.46. The Morgan fingerprint density at radius 1 is 1.25 bits per heavy atom. The zero-order valence-electron chi connectivity index (χ0n) is 13.7. The molecule has 3 aromatic rings. The normalized spacial score (nSPS) is 16.5. The largest absolute Gasteiger partial charge is 0.294 e. The zero-order chi connectivity index (χ0) is 16.9. The van der Waals surface area contributed by atoms with Crippen LogP contribution >= 0.6 is 0 Å². The lowest BCUT2D eigenvalue weighted by atomic mass is 9.83. The number of fused-ring (bicyclic) bond motifs is 5. The number of aromatic nitrogens is 3. The predicted octanol–water partition coefficient (Wildman–Crippen LogP) is 2.95. The molecule has 0 spiro atoms. The van der Waals surface area contributed by atoms with Gasteiger partial charge in [-0.3, -0.25) is 14.6 Å². The van der Waals surface area contributed by atoms with Gasteiger partial charge in [-0.1, -0.05) is 0 Å². The van der Waals surface area contributed by atoms with E-state index >= 15 is 0 Å². The topological polar surface area (TPSA) is 90.9 Å². The number of H-pyrrole nitrogens is 1. The van der Waals surface area contributed by atoms with Gasteiger partial charge in [0.15, 0.2) is 0 Å². The first-order chi connectivity index (χ1) is 11.5. The Labute approximate surface area is 142 Å². The van der Waals surface area contributed by atoms with Crippen LogP contribution in [0.25, 0.3) is 21.8 Å². The molecule has 0 saturated heterocycles. The Morgan fingerprint density at radius 2 is 2.00 bits per heavy atom. The molecule has 0 fully saturated rings. The minimum absolute atomic E-state index is 0.680. The van der Waals surface area contributed by atoms with Gasteiger partial charge in [0.25, 0.3) is 0 Å². The highest BCUT2D eigenvalue weighted by Crippen LogP contribution is 2.37. The lowest BCUT2D eigenvalue weighted by Gasteiger charge is -2.30. The van der Waals surface area contributed by atoms with Gasteiger partial charge >= 0.3 is 0 Å². The summed E-state index contributed by atoms with van der Waals surface area (Å²) in [5.41, 5.74) is 4.64. The lowest BCUT2D eigenvalue weighted by molar-refractivity contribution is 0.443. The van der Waals surface area contributed by atoms with Gasteiger partial charge < -0.3 is 0 Å². The fourth-order valence-electron chi connectivity index (χ4n) is 3.83. The molecular formula is C17H20N4O2S. The maximum atomic E-state index is 11.3. The van der Waals surface area contributed by atoms with Crippen molar-refractivity contribution in [2.45, 2.75) is 45.1 Å². The second-order valence-corrected chi connectivity index (χ2v) is 7.59. The molecule has 0 bridgehead atoms. The van der Waals surface area contributed by atoms with E-state index in [1.807, 2.05) is 32.2 Å². The Morgan fingerprint density at radius 3 is 2.75 bits per heavy atom. The first-order valence-electron chi connectivity index (χ1n) is 8.14. The minimum Gasteiger partial charge on any atom is -0.294 e. The Kier molecular flexibility index (Phi) is 3.67. The lowest BCUT2D eigenvalue weighted by Crippen LogP contribution is -2.39. The van der Waals surface area contributed by atoms with Crippen molar-refractivity contribution in [3.05, 3.63) is 35.2 Å². The summed E-state index contributed by atoms with van der Waals surface area (Å²) in [4.78, 5) is 4.89. The molecule has 0 amide bonds. The number of hydrogen-bond donors (Lipinski definition) is 3. The molecule has 126 valence electrons. The highest BCUT2D eigenvalue weighted by molar-refractivity contribution is 7.77. The van der Waals surface area contributed by atoms with Crippen molar-refractivity contribution in [3.63, 3.8) is 0 Å². The molecule has 0 radical (unpaired) electrons. The number of nitrogens with one attached hydrogen (secondary N) is 2. The molecule has 0 aliphatic heterocycles. The third kappa shape index (κ3) is 2.44. The smallest absolute Gasteiger partial charge is 0.232 e.